The first-order chi connectivity index (χ1) is 13.6. The van der Waals surface area contributed by atoms with Crippen molar-refractivity contribution in [2.75, 3.05) is 10.6 Å². The van der Waals surface area contributed by atoms with E-state index in [0.29, 0.717) is 5.69 Å². The van der Waals surface area contributed by atoms with Crippen molar-refractivity contribution in [1.82, 2.24) is 5.32 Å². The molecule has 0 saturated heterocycles. The predicted octanol–water partition coefficient (Wildman–Crippen LogP) is 3.97. The van der Waals surface area contributed by atoms with Crippen molar-refractivity contribution < 1.29 is 23.2 Å². The number of nitrogens with one attached hydrogen (secondary N) is 3. The standard InChI is InChI=1S/C20H20ClF2N3O3/c1-10(2)18(26-19(28)17-14(22)5-4-6-15(17)23)20(29)25-16-8-7-12(9-13(16)21)24-11(3)27/h4-10,18H,1-3H3,(H,24,27)(H,25,29)(H,26,28). The second-order valence-corrected chi connectivity index (χ2v) is 7.06. The minimum absolute atomic E-state index is 0.165. The number of carbonyl (C=O) groups is 3. The summed E-state index contributed by atoms with van der Waals surface area (Å²) in [6.07, 6.45) is 0. The van der Waals surface area contributed by atoms with Gasteiger partial charge in [-0.05, 0) is 36.2 Å². The molecule has 0 saturated carbocycles. The maximum Gasteiger partial charge on any atom is 0.257 e. The molecule has 2 rings (SSSR count). The van der Waals surface area contributed by atoms with Crippen LogP contribution in [0.1, 0.15) is 31.1 Å². The normalized spacial score (nSPS) is 11.7. The SMILES string of the molecule is CC(=O)Nc1ccc(NC(=O)C(NC(=O)c2c(F)cccc2F)C(C)C)c(Cl)c1. The van der Waals surface area contributed by atoms with Crippen LogP contribution in [0.15, 0.2) is 36.4 Å². The lowest BCUT2D eigenvalue weighted by molar-refractivity contribution is -0.119. The first kappa shape index (κ1) is 22.3. The average molecular weight is 424 g/mol. The third kappa shape index (κ3) is 5.74. The minimum atomic E-state index is -1.08. The lowest BCUT2D eigenvalue weighted by Crippen LogP contribution is -2.47. The number of rotatable bonds is 6. The largest absolute Gasteiger partial charge is 0.340 e. The van der Waals surface area contributed by atoms with Crippen LogP contribution in [0.5, 0.6) is 0 Å². The van der Waals surface area contributed by atoms with E-state index in [1.807, 2.05) is 0 Å². The summed E-state index contributed by atoms with van der Waals surface area (Å²) in [4.78, 5) is 36.1. The highest BCUT2D eigenvalue weighted by Crippen LogP contribution is 2.26. The van der Waals surface area contributed by atoms with Crippen molar-refractivity contribution in [2.45, 2.75) is 26.8 Å². The molecule has 0 radical (unpaired) electrons. The maximum absolute atomic E-state index is 13.8. The molecule has 6 nitrogen and oxygen atoms in total. The van der Waals surface area contributed by atoms with Gasteiger partial charge in [-0.25, -0.2) is 8.78 Å². The van der Waals surface area contributed by atoms with Crippen molar-refractivity contribution >= 4 is 40.7 Å². The van der Waals surface area contributed by atoms with Gasteiger partial charge in [0.2, 0.25) is 11.8 Å². The molecule has 154 valence electrons. The van der Waals surface area contributed by atoms with Gasteiger partial charge in [0.15, 0.2) is 0 Å². The summed E-state index contributed by atoms with van der Waals surface area (Å²) in [5.74, 6) is -4.36. The molecule has 2 aromatic rings. The van der Waals surface area contributed by atoms with Gasteiger partial charge in [0.05, 0.1) is 10.7 Å². The lowest BCUT2D eigenvalue weighted by atomic mass is 10.0. The molecule has 1 atom stereocenters. The van der Waals surface area contributed by atoms with Crippen LogP contribution in [-0.4, -0.2) is 23.8 Å². The second-order valence-electron chi connectivity index (χ2n) is 6.66. The van der Waals surface area contributed by atoms with Gasteiger partial charge in [0.25, 0.3) is 5.91 Å². The predicted molar refractivity (Wildman–Crippen MR) is 107 cm³/mol. The summed E-state index contributed by atoms with van der Waals surface area (Å²) < 4.78 is 27.7. The highest BCUT2D eigenvalue weighted by molar-refractivity contribution is 6.34. The quantitative estimate of drug-likeness (QED) is 0.657. The van der Waals surface area contributed by atoms with Crippen LogP contribution in [0.4, 0.5) is 20.2 Å². The Labute approximate surface area is 171 Å². The van der Waals surface area contributed by atoms with Crippen molar-refractivity contribution in [3.8, 4) is 0 Å². The van der Waals surface area contributed by atoms with Crippen LogP contribution in [-0.2, 0) is 9.59 Å². The van der Waals surface area contributed by atoms with Crippen LogP contribution in [0.2, 0.25) is 5.02 Å². The molecule has 0 fully saturated rings. The molecule has 9 heteroatoms. The van der Waals surface area contributed by atoms with Gasteiger partial charge in [-0.1, -0.05) is 31.5 Å². The molecule has 0 aromatic heterocycles. The number of hydrogen-bond donors (Lipinski definition) is 3. The summed E-state index contributed by atoms with van der Waals surface area (Å²) in [5, 5.41) is 7.66. The Morgan fingerprint density at radius 1 is 1.00 bits per heavy atom. The monoisotopic (exact) mass is 423 g/mol. The third-order valence-corrected chi connectivity index (χ3v) is 4.29. The van der Waals surface area contributed by atoms with E-state index in [0.717, 1.165) is 18.2 Å². The number of amides is 3. The Morgan fingerprint density at radius 3 is 2.14 bits per heavy atom. The Kier molecular flexibility index (Phi) is 7.28. The van der Waals surface area contributed by atoms with Gasteiger partial charge in [0, 0.05) is 12.6 Å². The van der Waals surface area contributed by atoms with Crippen LogP contribution < -0.4 is 16.0 Å². The van der Waals surface area contributed by atoms with Crippen LogP contribution in [0.3, 0.4) is 0 Å². The molecule has 3 amide bonds. The molecule has 29 heavy (non-hydrogen) atoms. The van der Waals surface area contributed by atoms with Crippen LogP contribution in [0, 0.1) is 17.6 Å². The van der Waals surface area contributed by atoms with E-state index in [1.165, 1.54) is 19.1 Å². The minimum Gasteiger partial charge on any atom is -0.340 e. The van der Waals surface area contributed by atoms with Crippen LogP contribution >= 0.6 is 11.6 Å². The van der Waals surface area contributed by atoms with Gasteiger partial charge in [-0.3, -0.25) is 14.4 Å². The molecule has 0 aliphatic heterocycles. The fraction of sp³-hybridized carbons (Fsp3) is 0.250. The molecule has 2 aromatic carbocycles. The zero-order valence-corrected chi connectivity index (χ0v) is 16.7. The molecule has 0 aliphatic carbocycles. The van der Waals surface area contributed by atoms with Crippen molar-refractivity contribution in [2.24, 2.45) is 5.92 Å². The summed E-state index contributed by atoms with van der Waals surface area (Å²) in [6.45, 7) is 4.69. The molecule has 0 aliphatic rings. The fourth-order valence-corrected chi connectivity index (χ4v) is 2.80. The second kappa shape index (κ2) is 9.47. The van der Waals surface area contributed by atoms with Gasteiger partial charge < -0.3 is 16.0 Å². The Morgan fingerprint density at radius 2 is 1.62 bits per heavy atom. The summed E-state index contributed by atoms with van der Waals surface area (Å²) >= 11 is 6.13. The third-order valence-electron chi connectivity index (χ3n) is 3.97. The van der Waals surface area contributed by atoms with Crippen molar-refractivity contribution in [3.63, 3.8) is 0 Å². The summed E-state index contributed by atoms with van der Waals surface area (Å²) in [7, 11) is 0. The first-order valence-electron chi connectivity index (χ1n) is 8.73. The van der Waals surface area contributed by atoms with Gasteiger partial charge in [-0.2, -0.15) is 0 Å². The first-order valence-corrected chi connectivity index (χ1v) is 9.10. The zero-order chi connectivity index (χ0) is 21.7. The van der Waals surface area contributed by atoms with Gasteiger partial charge in [0.1, 0.15) is 23.2 Å². The number of anilines is 2. The number of benzene rings is 2. The van der Waals surface area contributed by atoms with E-state index in [4.69, 9.17) is 11.6 Å². The van der Waals surface area contributed by atoms with E-state index < -0.39 is 35.1 Å². The smallest absolute Gasteiger partial charge is 0.257 e. The van der Waals surface area contributed by atoms with Crippen LogP contribution in [0.25, 0.3) is 0 Å². The summed E-state index contributed by atoms with van der Waals surface area (Å²) in [5.41, 5.74) is -0.0596. The summed E-state index contributed by atoms with van der Waals surface area (Å²) in [6, 6.07) is 6.46. The van der Waals surface area contributed by atoms with Crippen molar-refractivity contribution in [3.05, 3.63) is 58.6 Å². The average Bonchev–Trinajstić information content (AvgIpc) is 2.61. The number of carbonyl (C=O) groups excluding carboxylic acids is 3. The molecule has 0 heterocycles. The molecular weight excluding hydrogens is 404 g/mol. The van der Waals surface area contributed by atoms with E-state index in [9.17, 15) is 23.2 Å². The molecule has 3 N–H and O–H groups in total. The topological polar surface area (TPSA) is 87.3 Å². The van der Waals surface area contributed by atoms with E-state index in [2.05, 4.69) is 16.0 Å². The van der Waals surface area contributed by atoms with Crippen molar-refractivity contribution in [1.29, 1.82) is 0 Å². The maximum atomic E-state index is 13.8. The van der Waals surface area contributed by atoms with E-state index >= 15 is 0 Å². The highest BCUT2D eigenvalue weighted by Gasteiger charge is 2.27. The molecule has 0 bridgehead atoms. The molecule has 1 unspecified atom stereocenters. The number of hydrogen-bond acceptors (Lipinski definition) is 3. The fourth-order valence-electron chi connectivity index (χ4n) is 2.57. The Bertz CT molecular complexity index is 930. The van der Waals surface area contributed by atoms with E-state index in [1.54, 1.807) is 19.9 Å². The number of halogens is 3. The molecule has 0 spiro atoms. The highest BCUT2D eigenvalue weighted by atomic mass is 35.5. The van der Waals surface area contributed by atoms with E-state index in [-0.39, 0.29) is 22.5 Å². The molecular formula is C20H20ClF2N3O3. The Balaban J connectivity index is 2.18. The van der Waals surface area contributed by atoms with Gasteiger partial charge >= 0.3 is 0 Å². The zero-order valence-electron chi connectivity index (χ0n) is 16.0. The Hall–Kier alpha value is -3.00. The lowest BCUT2D eigenvalue weighted by Gasteiger charge is -2.22. The van der Waals surface area contributed by atoms with Gasteiger partial charge in [-0.15, -0.1) is 0 Å².